The van der Waals surface area contributed by atoms with Crippen molar-refractivity contribution in [1.29, 1.82) is 0 Å². The molecule has 0 radical (unpaired) electrons. The third-order valence-electron chi connectivity index (χ3n) is 2.96. The van der Waals surface area contributed by atoms with Crippen molar-refractivity contribution >= 4 is 11.0 Å². The number of ether oxygens (including phenoxy) is 1. The number of imidazole rings is 1. The Morgan fingerprint density at radius 1 is 1.37 bits per heavy atom. The second-order valence-corrected chi connectivity index (χ2v) is 5.19. The Morgan fingerprint density at radius 3 is 2.79 bits per heavy atom. The monoisotopic (exact) mass is 262 g/mol. The van der Waals surface area contributed by atoms with Gasteiger partial charge in [0.25, 0.3) is 0 Å². The van der Waals surface area contributed by atoms with Gasteiger partial charge in [0.05, 0.1) is 17.6 Å². The number of fused-ring (bicyclic) bond motifs is 1. The highest BCUT2D eigenvalue weighted by molar-refractivity contribution is 5.77. The van der Waals surface area contributed by atoms with E-state index in [-0.39, 0.29) is 6.61 Å². The van der Waals surface area contributed by atoms with E-state index in [1.807, 2.05) is 18.2 Å². The van der Waals surface area contributed by atoms with Gasteiger partial charge in [0, 0.05) is 12.6 Å². The molecule has 0 spiro atoms. The molecule has 1 aromatic heterocycles. The van der Waals surface area contributed by atoms with Gasteiger partial charge in [0.15, 0.2) is 0 Å². The summed E-state index contributed by atoms with van der Waals surface area (Å²) in [6, 6.07) is 5.94. The van der Waals surface area contributed by atoms with E-state index in [0.29, 0.717) is 12.5 Å². The van der Waals surface area contributed by atoms with Crippen LogP contribution in [-0.4, -0.2) is 21.3 Å². The van der Waals surface area contributed by atoms with Gasteiger partial charge >= 0.3 is 0 Å². The van der Waals surface area contributed by atoms with E-state index in [4.69, 9.17) is 4.74 Å². The summed E-state index contributed by atoms with van der Waals surface area (Å²) in [5, 5.41) is 9.43. The fourth-order valence-electron chi connectivity index (χ4n) is 2.16. The SMILES string of the molecule is CCCOc1ccc2c(c1)nc(CO)n2CC(C)C. The first-order valence-corrected chi connectivity index (χ1v) is 6.88. The van der Waals surface area contributed by atoms with Crippen LogP contribution < -0.4 is 4.74 Å². The molecule has 2 aromatic rings. The predicted molar refractivity (Wildman–Crippen MR) is 76.3 cm³/mol. The topological polar surface area (TPSA) is 47.3 Å². The number of nitrogens with zero attached hydrogens (tertiary/aromatic N) is 2. The van der Waals surface area contributed by atoms with Crippen molar-refractivity contribution in [3.63, 3.8) is 0 Å². The fraction of sp³-hybridized carbons (Fsp3) is 0.533. The summed E-state index contributed by atoms with van der Waals surface area (Å²) >= 11 is 0. The number of aromatic nitrogens is 2. The summed E-state index contributed by atoms with van der Waals surface area (Å²) in [5.41, 5.74) is 1.94. The van der Waals surface area contributed by atoms with Crippen molar-refractivity contribution in [2.75, 3.05) is 6.61 Å². The number of hydrogen-bond acceptors (Lipinski definition) is 3. The van der Waals surface area contributed by atoms with Crippen LogP contribution in [0.1, 0.15) is 33.0 Å². The molecule has 0 fully saturated rings. The summed E-state index contributed by atoms with van der Waals surface area (Å²) in [6.45, 7) is 7.94. The third-order valence-corrected chi connectivity index (χ3v) is 2.96. The van der Waals surface area contributed by atoms with Crippen LogP contribution in [0.3, 0.4) is 0 Å². The van der Waals surface area contributed by atoms with E-state index in [9.17, 15) is 5.11 Å². The molecule has 104 valence electrons. The zero-order valence-corrected chi connectivity index (χ0v) is 11.9. The van der Waals surface area contributed by atoms with Gasteiger partial charge in [-0.05, 0) is 24.5 Å². The van der Waals surface area contributed by atoms with Crippen molar-refractivity contribution in [3.05, 3.63) is 24.0 Å². The number of aliphatic hydroxyl groups is 1. The van der Waals surface area contributed by atoms with Crippen molar-refractivity contribution in [1.82, 2.24) is 9.55 Å². The van der Waals surface area contributed by atoms with Crippen LogP contribution in [0.15, 0.2) is 18.2 Å². The molecule has 0 atom stereocenters. The van der Waals surface area contributed by atoms with Crippen molar-refractivity contribution < 1.29 is 9.84 Å². The number of benzene rings is 1. The molecule has 0 amide bonds. The van der Waals surface area contributed by atoms with Crippen LogP contribution in [0.2, 0.25) is 0 Å². The maximum absolute atomic E-state index is 9.43. The number of hydrogen-bond donors (Lipinski definition) is 1. The molecule has 0 saturated carbocycles. The smallest absolute Gasteiger partial charge is 0.135 e. The minimum absolute atomic E-state index is 0.0352. The lowest BCUT2D eigenvalue weighted by Crippen LogP contribution is -2.08. The molecule has 0 aliphatic carbocycles. The highest BCUT2D eigenvalue weighted by atomic mass is 16.5. The Morgan fingerprint density at radius 2 is 2.16 bits per heavy atom. The zero-order valence-electron chi connectivity index (χ0n) is 11.9. The highest BCUT2D eigenvalue weighted by Gasteiger charge is 2.11. The third kappa shape index (κ3) is 3.07. The van der Waals surface area contributed by atoms with Crippen LogP contribution in [0, 0.1) is 5.92 Å². The van der Waals surface area contributed by atoms with E-state index >= 15 is 0 Å². The standard InChI is InChI=1S/C15H22N2O2/c1-4-7-19-12-5-6-14-13(8-12)16-15(10-18)17(14)9-11(2)3/h5-6,8,11,18H,4,7,9-10H2,1-3H3. The Bertz CT molecular complexity index is 546. The quantitative estimate of drug-likeness (QED) is 0.870. The molecular weight excluding hydrogens is 240 g/mol. The average Bonchev–Trinajstić information content (AvgIpc) is 2.73. The van der Waals surface area contributed by atoms with Crippen molar-refractivity contribution in [3.8, 4) is 5.75 Å². The molecule has 4 nitrogen and oxygen atoms in total. The van der Waals surface area contributed by atoms with E-state index in [1.54, 1.807) is 0 Å². The maximum atomic E-state index is 9.43. The highest BCUT2D eigenvalue weighted by Crippen LogP contribution is 2.23. The van der Waals surface area contributed by atoms with Crippen molar-refractivity contribution in [2.45, 2.75) is 40.3 Å². The molecule has 0 aliphatic heterocycles. The van der Waals surface area contributed by atoms with Gasteiger partial charge in [-0.15, -0.1) is 0 Å². The van der Waals surface area contributed by atoms with E-state index in [2.05, 4.69) is 30.3 Å². The minimum atomic E-state index is -0.0352. The van der Waals surface area contributed by atoms with Gasteiger partial charge in [-0.1, -0.05) is 20.8 Å². The molecule has 0 saturated heterocycles. The molecule has 0 bridgehead atoms. The maximum Gasteiger partial charge on any atom is 0.135 e. The molecule has 4 heteroatoms. The van der Waals surface area contributed by atoms with Gasteiger partial charge < -0.3 is 14.4 Å². The van der Waals surface area contributed by atoms with Crippen molar-refractivity contribution in [2.24, 2.45) is 5.92 Å². The average molecular weight is 262 g/mol. The molecule has 19 heavy (non-hydrogen) atoms. The molecule has 0 unspecified atom stereocenters. The lowest BCUT2D eigenvalue weighted by molar-refractivity contribution is 0.263. The van der Waals surface area contributed by atoms with Crippen LogP contribution in [-0.2, 0) is 13.2 Å². The first-order chi connectivity index (χ1) is 9.15. The minimum Gasteiger partial charge on any atom is -0.494 e. The van der Waals surface area contributed by atoms with Gasteiger partial charge in [-0.3, -0.25) is 0 Å². The van der Waals surface area contributed by atoms with Gasteiger partial charge in [0.2, 0.25) is 0 Å². The van der Waals surface area contributed by atoms with Gasteiger partial charge in [-0.25, -0.2) is 4.98 Å². The Balaban J connectivity index is 2.39. The van der Waals surface area contributed by atoms with E-state index in [1.165, 1.54) is 0 Å². The van der Waals surface area contributed by atoms with Crippen LogP contribution >= 0.6 is 0 Å². The largest absolute Gasteiger partial charge is 0.494 e. The van der Waals surface area contributed by atoms with E-state index in [0.717, 1.165) is 35.6 Å². The summed E-state index contributed by atoms with van der Waals surface area (Å²) < 4.78 is 7.70. The number of rotatable bonds is 6. The second-order valence-electron chi connectivity index (χ2n) is 5.19. The summed E-state index contributed by atoms with van der Waals surface area (Å²) in [7, 11) is 0. The normalized spacial score (nSPS) is 11.4. The first-order valence-electron chi connectivity index (χ1n) is 6.88. The van der Waals surface area contributed by atoms with E-state index < -0.39 is 0 Å². The van der Waals surface area contributed by atoms with Gasteiger partial charge in [-0.2, -0.15) is 0 Å². The summed E-state index contributed by atoms with van der Waals surface area (Å²) in [4.78, 5) is 4.49. The Labute approximate surface area is 114 Å². The van der Waals surface area contributed by atoms with Crippen LogP contribution in [0.4, 0.5) is 0 Å². The molecular formula is C15H22N2O2. The second kappa shape index (κ2) is 6.06. The molecule has 1 aromatic carbocycles. The Kier molecular flexibility index (Phi) is 4.43. The van der Waals surface area contributed by atoms with Crippen LogP contribution in [0.25, 0.3) is 11.0 Å². The molecule has 1 heterocycles. The summed E-state index contributed by atoms with van der Waals surface area (Å²) in [5.74, 6) is 2.07. The van der Waals surface area contributed by atoms with Gasteiger partial charge in [0.1, 0.15) is 18.2 Å². The number of aliphatic hydroxyl groups excluding tert-OH is 1. The lowest BCUT2D eigenvalue weighted by Gasteiger charge is -2.10. The first kappa shape index (κ1) is 13.9. The lowest BCUT2D eigenvalue weighted by atomic mass is 10.2. The molecule has 0 aliphatic rings. The van der Waals surface area contributed by atoms with Crippen LogP contribution in [0.5, 0.6) is 5.75 Å². The fourth-order valence-corrected chi connectivity index (χ4v) is 2.16. The predicted octanol–water partition coefficient (Wildman–Crippen LogP) is 2.97. The summed E-state index contributed by atoms with van der Waals surface area (Å²) in [6.07, 6.45) is 0.988. The molecule has 2 rings (SSSR count). The molecule has 1 N–H and O–H groups in total. The zero-order chi connectivity index (χ0) is 13.8. The Hall–Kier alpha value is -1.55.